The Hall–Kier alpha value is -1.73. The van der Waals surface area contributed by atoms with Crippen molar-refractivity contribution in [1.82, 2.24) is 20.6 Å². The molecule has 6 nitrogen and oxygen atoms in total. The number of halogens is 1. The first-order valence-corrected chi connectivity index (χ1v) is 11.2. The Morgan fingerprint density at radius 3 is 2.54 bits per heavy atom. The molecule has 0 aliphatic heterocycles. The zero-order chi connectivity index (χ0) is 19.3. The molecule has 4 saturated carbocycles. The van der Waals surface area contributed by atoms with Crippen molar-refractivity contribution >= 4 is 46.3 Å². The van der Waals surface area contributed by atoms with Gasteiger partial charge in [-0.25, -0.2) is 9.78 Å². The Morgan fingerprint density at radius 1 is 1.18 bits per heavy atom. The van der Waals surface area contributed by atoms with E-state index in [0.29, 0.717) is 10.2 Å². The Bertz CT molecular complexity index is 908. The second kappa shape index (κ2) is 6.95. The van der Waals surface area contributed by atoms with Gasteiger partial charge in [-0.05, 0) is 74.5 Å². The summed E-state index contributed by atoms with van der Waals surface area (Å²) in [5.41, 5.74) is 1.53. The van der Waals surface area contributed by atoms with E-state index in [1.54, 1.807) is 12.1 Å². The molecule has 4 bridgehead atoms. The van der Waals surface area contributed by atoms with Crippen LogP contribution >= 0.6 is 23.4 Å². The van der Waals surface area contributed by atoms with Crippen molar-refractivity contribution in [2.24, 2.45) is 17.8 Å². The van der Waals surface area contributed by atoms with Crippen molar-refractivity contribution in [3.8, 4) is 0 Å². The molecule has 0 spiro atoms. The SMILES string of the molecule is O=C(CSc1nc2ccc(Cl)cc2[nH]1)NC(=O)NC12CC3CC(CC(C3)C1)C2. The van der Waals surface area contributed by atoms with Crippen LogP contribution in [0.3, 0.4) is 0 Å². The van der Waals surface area contributed by atoms with Crippen LogP contribution in [-0.4, -0.2) is 33.2 Å². The standard InChI is InChI=1S/C20H23ClN4O2S/c21-14-1-2-15-16(6-14)23-19(22-15)28-10-17(26)24-18(27)25-20-7-11-3-12(8-20)5-13(4-11)9-20/h1-2,6,11-13H,3-5,7-10H2,(H,22,23)(H2,24,25,26,27). The van der Waals surface area contributed by atoms with Gasteiger partial charge in [0.15, 0.2) is 5.16 Å². The lowest BCUT2D eigenvalue weighted by atomic mass is 9.53. The zero-order valence-corrected chi connectivity index (χ0v) is 17.0. The molecular formula is C20H23ClN4O2S. The van der Waals surface area contributed by atoms with Crippen LogP contribution in [0.25, 0.3) is 11.0 Å². The molecule has 6 rings (SSSR count). The predicted octanol–water partition coefficient (Wildman–Crippen LogP) is 4.10. The summed E-state index contributed by atoms with van der Waals surface area (Å²) in [5.74, 6) is 2.06. The Kier molecular flexibility index (Phi) is 4.55. The molecule has 4 aliphatic rings. The average molecular weight is 419 g/mol. The van der Waals surface area contributed by atoms with Crippen molar-refractivity contribution in [2.75, 3.05) is 5.75 Å². The minimum atomic E-state index is -0.357. The van der Waals surface area contributed by atoms with Crippen molar-refractivity contribution in [3.05, 3.63) is 23.2 Å². The van der Waals surface area contributed by atoms with E-state index in [1.165, 1.54) is 31.0 Å². The van der Waals surface area contributed by atoms with Gasteiger partial charge in [0.25, 0.3) is 0 Å². The Morgan fingerprint density at radius 2 is 1.86 bits per heavy atom. The number of carbonyl (C=O) groups excluding carboxylic acids is 2. The van der Waals surface area contributed by atoms with Crippen LogP contribution in [0.1, 0.15) is 38.5 Å². The summed E-state index contributed by atoms with van der Waals surface area (Å²) >= 11 is 7.25. The number of fused-ring (bicyclic) bond motifs is 1. The molecule has 1 heterocycles. The van der Waals surface area contributed by atoms with Crippen molar-refractivity contribution in [3.63, 3.8) is 0 Å². The smallest absolute Gasteiger partial charge is 0.321 e. The van der Waals surface area contributed by atoms with Crippen LogP contribution in [0.2, 0.25) is 5.02 Å². The van der Waals surface area contributed by atoms with E-state index in [1.807, 2.05) is 6.07 Å². The van der Waals surface area contributed by atoms with Crippen molar-refractivity contribution in [1.29, 1.82) is 0 Å². The van der Waals surface area contributed by atoms with Gasteiger partial charge >= 0.3 is 6.03 Å². The molecule has 148 valence electrons. The molecule has 4 aliphatic carbocycles. The van der Waals surface area contributed by atoms with Crippen molar-refractivity contribution in [2.45, 2.75) is 49.2 Å². The molecule has 2 aromatic rings. The third-order valence-corrected chi connectivity index (χ3v) is 7.54. The lowest BCUT2D eigenvalue weighted by molar-refractivity contribution is -0.117. The molecule has 0 unspecified atom stereocenters. The minimum Gasteiger partial charge on any atom is -0.333 e. The van der Waals surface area contributed by atoms with E-state index in [9.17, 15) is 9.59 Å². The maximum absolute atomic E-state index is 12.4. The van der Waals surface area contributed by atoms with Crippen LogP contribution in [0.5, 0.6) is 0 Å². The minimum absolute atomic E-state index is 0.0930. The third kappa shape index (κ3) is 3.62. The van der Waals surface area contributed by atoms with E-state index in [4.69, 9.17) is 11.6 Å². The summed E-state index contributed by atoms with van der Waals surface area (Å²) in [6, 6.07) is 5.05. The maximum Gasteiger partial charge on any atom is 0.321 e. The number of aromatic nitrogens is 2. The second-order valence-corrected chi connectivity index (χ2v) is 10.1. The van der Waals surface area contributed by atoms with Gasteiger partial charge in [-0.1, -0.05) is 23.4 Å². The molecule has 3 N–H and O–H groups in total. The normalized spacial score (nSPS) is 30.5. The number of hydrogen-bond donors (Lipinski definition) is 3. The maximum atomic E-state index is 12.4. The highest BCUT2D eigenvalue weighted by molar-refractivity contribution is 7.99. The van der Waals surface area contributed by atoms with E-state index in [2.05, 4.69) is 20.6 Å². The van der Waals surface area contributed by atoms with Crippen LogP contribution in [-0.2, 0) is 4.79 Å². The Labute approximate surface area is 172 Å². The summed E-state index contributed by atoms with van der Waals surface area (Å²) in [4.78, 5) is 32.2. The fraction of sp³-hybridized carbons (Fsp3) is 0.550. The topological polar surface area (TPSA) is 86.9 Å². The van der Waals surface area contributed by atoms with E-state index in [0.717, 1.165) is 48.0 Å². The first kappa shape index (κ1) is 18.3. The number of carbonyl (C=O) groups is 2. The number of hydrogen-bond acceptors (Lipinski definition) is 4. The van der Waals surface area contributed by atoms with Crippen LogP contribution < -0.4 is 10.6 Å². The number of nitrogens with zero attached hydrogens (tertiary/aromatic N) is 1. The summed E-state index contributed by atoms with van der Waals surface area (Å²) < 4.78 is 0. The van der Waals surface area contributed by atoms with E-state index in [-0.39, 0.29) is 23.2 Å². The molecule has 3 amide bonds. The summed E-state index contributed by atoms with van der Waals surface area (Å²) in [7, 11) is 0. The molecule has 1 aromatic carbocycles. The number of rotatable bonds is 4. The number of imide groups is 1. The molecule has 0 atom stereocenters. The zero-order valence-electron chi connectivity index (χ0n) is 15.5. The molecule has 4 fully saturated rings. The number of thioether (sulfide) groups is 1. The highest BCUT2D eigenvalue weighted by atomic mass is 35.5. The van der Waals surface area contributed by atoms with Gasteiger partial charge in [0, 0.05) is 10.6 Å². The molecular weight excluding hydrogens is 396 g/mol. The highest BCUT2D eigenvalue weighted by Crippen LogP contribution is 2.55. The number of benzene rings is 1. The van der Waals surface area contributed by atoms with Gasteiger partial charge in [0.1, 0.15) is 0 Å². The van der Waals surface area contributed by atoms with Crippen LogP contribution in [0, 0.1) is 17.8 Å². The molecule has 0 saturated heterocycles. The average Bonchev–Trinajstić information content (AvgIpc) is 3.00. The Balaban J connectivity index is 1.15. The largest absolute Gasteiger partial charge is 0.333 e. The number of urea groups is 1. The van der Waals surface area contributed by atoms with E-state index >= 15 is 0 Å². The first-order chi connectivity index (χ1) is 13.5. The summed E-state index contributed by atoms with van der Waals surface area (Å²) in [6.07, 6.45) is 7.16. The summed E-state index contributed by atoms with van der Waals surface area (Å²) in [5, 5.41) is 6.92. The molecule has 8 heteroatoms. The van der Waals surface area contributed by atoms with Crippen molar-refractivity contribution < 1.29 is 9.59 Å². The third-order valence-electron chi connectivity index (χ3n) is 6.43. The van der Waals surface area contributed by atoms with Gasteiger partial charge in [-0.3, -0.25) is 10.1 Å². The summed E-state index contributed by atoms with van der Waals surface area (Å²) in [6.45, 7) is 0. The number of nitrogens with one attached hydrogen (secondary N) is 3. The molecule has 28 heavy (non-hydrogen) atoms. The molecule has 0 radical (unpaired) electrons. The fourth-order valence-corrected chi connectivity index (χ4v) is 6.72. The number of imidazole rings is 1. The van der Waals surface area contributed by atoms with Gasteiger partial charge in [-0.2, -0.15) is 0 Å². The first-order valence-electron chi connectivity index (χ1n) is 9.86. The number of H-pyrrole nitrogens is 1. The monoisotopic (exact) mass is 418 g/mol. The number of aromatic amines is 1. The number of amides is 3. The van der Waals surface area contributed by atoms with Gasteiger partial charge < -0.3 is 10.3 Å². The van der Waals surface area contributed by atoms with Gasteiger partial charge in [-0.15, -0.1) is 0 Å². The quantitative estimate of drug-likeness (QED) is 0.652. The van der Waals surface area contributed by atoms with Gasteiger partial charge in [0.05, 0.1) is 16.8 Å². The van der Waals surface area contributed by atoms with Crippen LogP contribution in [0.15, 0.2) is 23.4 Å². The predicted molar refractivity (Wildman–Crippen MR) is 109 cm³/mol. The fourth-order valence-electron chi connectivity index (χ4n) is 5.86. The highest BCUT2D eigenvalue weighted by Gasteiger charge is 2.51. The van der Waals surface area contributed by atoms with Gasteiger partial charge in [0.2, 0.25) is 5.91 Å². The van der Waals surface area contributed by atoms with E-state index < -0.39 is 0 Å². The molecule has 1 aromatic heterocycles. The van der Waals surface area contributed by atoms with Crippen LogP contribution in [0.4, 0.5) is 4.79 Å². The second-order valence-electron chi connectivity index (χ2n) is 8.69. The lowest BCUT2D eigenvalue weighted by Crippen LogP contribution is -2.61. The lowest BCUT2D eigenvalue weighted by Gasteiger charge is -2.56.